The summed E-state index contributed by atoms with van der Waals surface area (Å²) in [7, 11) is 0. The summed E-state index contributed by atoms with van der Waals surface area (Å²) >= 11 is 0. The Morgan fingerprint density at radius 2 is 1.28 bits per heavy atom. The van der Waals surface area contributed by atoms with Crippen LogP contribution in [0.4, 0.5) is 27.6 Å². The molecule has 6 nitrogen and oxygen atoms in total. The molecular formula is C14H10F5NO5. The summed E-state index contributed by atoms with van der Waals surface area (Å²) in [5.74, 6) is -14.8. The third-order valence-electron chi connectivity index (χ3n) is 2.46. The molecule has 0 fully saturated rings. The van der Waals surface area contributed by atoms with Gasteiger partial charge in [-0.1, -0.05) is 0 Å². The third-order valence-corrected chi connectivity index (χ3v) is 2.46. The molecule has 0 bridgehead atoms. The van der Waals surface area contributed by atoms with Gasteiger partial charge in [0.1, 0.15) is 5.69 Å². The smallest absolute Gasteiger partial charge is 0.331 e. The van der Waals surface area contributed by atoms with E-state index >= 15 is 0 Å². The standard InChI is InChI=1S/C14H10F5NO5/c1-2-24-7(22)3-4-8(23)25-5-6(21)20-14-12(18)10(16)9(15)11(17)13(14)19/h3-4H,2,5H2,1H3,(H,20,21)/b4-3+. The van der Waals surface area contributed by atoms with Gasteiger partial charge >= 0.3 is 11.9 Å². The second-order valence-electron chi connectivity index (χ2n) is 4.19. The highest BCUT2D eigenvalue weighted by Gasteiger charge is 2.26. The number of anilines is 1. The van der Waals surface area contributed by atoms with Crippen molar-refractivity contribution >= 4 is 23.5 Å². The molecule has 0 spiro atoms. The zero-order chi connectivity index (χ0) is 19.1. The molecule has 25 heavy (non-hydrogen) atoms. The van der Waals surface area contributed by atoms with Crippen LogP contribution in [0.3, 0.4) is 0 Å². The van der Waals surface area contributed by atoms with Gasteiger partial charge in [-0.05, 0) is 6.92 Å². The van der Waals surface area contributed by atoms with Crippen LogP contribution in [0.5, 0.6) is 0 Å². The van der Waals surface area contributed by atoms with Gasteiger partial charge in [-0.25, -0.2) is 31.5 Å². The number of carbonyl (C=O) groups is 3. The zero-order valence-corrected chi connectivity index (χ0v) is 12.5. The fourth-order valence-corrected chi connectivity index (χ4v) is 1.40. The Labute approximate surface area is 137 Å². The summed E-state index contributed by atoms with van der Waals surface area (Å²) in [5.41, 5.74) is -1.58. The molecule has 0 aliphatic heterocycles. The lowest BCUT2D eigenvalue weighted by Crippen LogP contribution is -2.22. The monoisotopic (exact) mass is 367 g/mol. The first-order chi connectivity index (χ1) is 11.7. The van der Waals surface area contributed by atoms with E-state index in [9.17, 15) is 36.3 Å². The molecular weight excluding hydrogens is 357 g/mol. The number of nitrogens with one attached hydrogen (secondary N) is 1. The van der Waals surface area contributed by atoms with Crippen LogP contribution in [0.25, 0.3) is 0 Å². The van der Waals surface area contributed by atoms with E-state index in [1.165, 1.54) is 12.2 Å². The van der Waals surface area contributed by atoms with Crippen molar-refractivity contribution in [2.75, 3.05) is 18.5 Å². The van der Waals surface area contributed by atoms with Crippen LogP contribution in [-0.2, 0) is 23.9 Å². The molecule has 0 aliphatic rings. The number of hydrogen-bond donors (Lipinski definition) is 1. The number of carbonyl (C=O) groups excluding carboxylic acids is 3. The van der Waals surface area contributed by atoms with E-state index in [-0.39, 0.29) is 6.61 Å². The van der Waals surface area contributed by atoms with Crippen LogP contribution in [-0.4, -0.2) is 31.1 Å². The highest BCUT2D eigenvalue weighted by molar-refractivity contribution is 5.95. The van der Waals surface area contributed by atoms with Crippen molar-refractivity contribution in [2.45, 2.75) is 6.92 Å². The lowest BCUT2D eigenvalue weighted by Gasteiger charge is -2.09. The molecule has 0 aliphatic carbocycles. The zero-order valence-electron chi connectivity index (χ0n) is 12.5. The fraction of sp³-hybridized carbons (Fsp3) is 0.214. The van der Waals surface area contributed by atoms with Gasteiger partial charge in [0.2, 0.25) is 5.82 Å². The molecule has 1 aromatic carbocycles. The molecule has 0 atom stereocenters. The highest BCUT2D eigenvalue weighted by atomic mass is 19.2. The number of halogens is 5. The van der Waals surface area contributed by atoms with Gasteiger partial charge in [0.25, 0.3) is 5.91 Å². The predicted octanol–water partition coefficient (Wildman–Crippen LogP) is 1.98. The van der Waals surface area contributed by atoms with Crippen molar-refractivity contribution in [1.29, 1.82) is 0 Å². The number of esters is 2. The average Bonchev–Trinajstić information content (AvgIpc) is 2.58. The second-order valence-corrected chi connectivity index (χ2v) is 4.19. The number of ether oxygens (including phenoxy) is 2. The largest absolute Gasteiger partial charge is 0.463 e. The minimum absolute atomic E-state index is 0.0581. The van der Waals surface area contributed by atoms with Gasteiger partial charge in [-0.15, -0.1) is 0 Å². The van der Waals surface area contributed by atoms with Crippen molar-refractivity contribution in [2.24, 2.45) is 0 Å². The van der Waals surface area contributed by atoms with Gasteiger partial charge in [0.15, 0.2) is 29.9 Å². The normalized spacial score (nSPS) is 10.6. The van der Waals surface area contributed by atoms with E-state index < -0.39 is 59.2 Å². The topological polar surface area (TPSA) is 81.7 Å². The van der Waals surface area contributed by atoms with Gasteiger partial charge in [-0.3, -0.25) is 4.79 Å². The first-order valence-corrected chi connectivity index (χ1v) is 6.51. The summed E-state index contributed by atoms with van der Waals surface area (Å²) in [6, 6.07) is 0. The molecule has 0 aromatic heterocycles. The number of amides is 1. The quantitative estimate of drug-likeness (QED) is 0.273. The molecule has 136 valence electrons. The molecule has 0 radical (unpaired) electrons. The molecule has 1 N–H and O–H groups in total. The van der Waals surface area contributed by atoms with E-state index in [1.807, 2.05) is 0 Å². The maximum atomic E-state index is 13.3. The Balaban J connectivity index is 2.70. The van der Waals surface area contributed by atoms with Crippen molar-refractivity contribution in [1.82, 2.24) is 0 Å². The van der Waals surface area contributed by atoms with Gasteiger partial charge < -0.3 is 14.8 Å². The first kappa shape index (κ1) is 20.1. The fourth-order valence-electron chi connectivity index (χ4n) is 1.40. The highest BCUT2D eigenvalue weighted by Crippen LogP contribution is 2.26. The van der Waals surface area contributed by atoms with E-state index in [1.54, 1.807) is 0 Å². The molecule has 0 heterocycles. The number of rotatable bonds is 6. The van der Waals surface area contributed by atoms with E-state index in [0.717, 1.165) is 0 Å². The van der Waals surface area contributed by atoms with Crippen LogP contribution in [0.2, 0.25) is 0 Å². The Hall–Kier alpha value is -2.98. The summed E-state index contributed by atoms with van der Waals surface area (Å²) in [6.07, 6.45) is 1.32. The van der Waals surface area contributed by atoms with E-state index in [4.69, 9.17) is 0 Å². The lowest BCUT2D eigenvalue weighted by atomic mass is 10.2. The summed E-state index contributed by atoms with van der Waals surface area (Å²) < 4.78 is 74.2. The Morgan fingerprint density at radius 3 is 1.76 bits per heavy atom. The molecule has 0 unspecified atom stereocenters. The van der Waals surface area contributed by atoms with Crippen LogP contribution in [0.1, 0.15) is 6.92 Å². The maximum absolute atomic E-state index is 13.3. The van der Waals surface area contributed by atoms with Crippen LogP contribution < -0.4 is 5.32 Å². The van der Waals surface area contributed by atoms with E-state index in [2.05, 4.69) is 9.47 Å². The van der Waals surface area contributed by atoms with Crippen molar-refractivity contribution < 1.29 is 45.8 Å². The molecule has 0 saturated carbocycles. The number of hydrogen-bond acceptors (Lipinski definition) is 5. The predicted molar refractivity (Wildman–Crippen MR) is 71.6 cm³/mol. The Morgan fingerprint density at radius 1 is 0.840 bits per heavy atom. The first-order valence-electron chi connectivity index (χ1n) is 6.51. The summed E-state index contributed by atoms with van der Waals surface area (Å²) in [6.45, 7) is 0.474. The SMILES string of the molecule is CCOC(=O)/C=C/C(=O)OCC(=O)Nc1c(F)c(F)c(F)c(F)c1F. The summed E-state index contributed by atoms with van der Waals surface area (Å²) in [5, 5.41) is 1.40. The second kappa shape index (κ2) is 8.76. The molecule has 1 aromatic rings. The van der Waals surface area contributed by atoms with E-state index in [0.29, 0.717) is 12.2 Å². The lowest BCUT2D eigenvalue weighted by molar-refractivity contribution is -0.143. The van der Waals surface area contributed by atoms with Crippen molar-refractivity contribution in [3.05, 3.63) is 41.2 Å². The van der Waals surface area contributed by atoms with Crippen LogP contribution >= 0.6 is 0 Å². The minimum Gasteiger partial charge on any atom is -0.463 e. The molecule has 1 amide bonds. The van der Waals surface area contributed by atoms with Crippen LogP contribution in [0.15, 0.2) is 12.2 Å². The summed E-state index contributed by atoms with van der Waals surface area (Å²) in [4.78, 5) is 33.5. The van der Waals surface area contributed by atoms with Crippen LogP contribution in [0, 0.1) is 29.1 Å². The van der Waals surface area contributed by atoms with Crippen molar-refractivity contribution in [3.63, 3.8) is 0 Å². The number of benzene rings is 1. The molecule has 0 saturated heterocycles. The average molecular weight is 367 g/mol. The third kappa shape index (κ3) is 5.26. The maximum Gasteiger partial charge on any atom is 0.331 e. The van der Waals surface area contributed by atoms with Crippen molar-refractivity contribution in [3.8, 4) is 0 Å². The van der Waals surface area contributed by atoms with Gasteiger partial charge in [-0.2, -0.15) is 0 Å². The molecule has 1 rings (SSSR count). The molecule has 11 heteroatoms. The Kier molecular flexibility index (Phi) is 7.03. The van der Waals surface area contributed by atoms with Gasteiger partial charge in [0.05, 0.1) is 6.61 Å². The minimum atomic E-state index is -2.39. The Bertz CT molecular complexity index is 706. The van der Waals surface area contributed by atoms with Gasteiger partial charge in [0, 0.05) is 12.2 Å².